The number of aromatic nitrogens is 1. The van der Waals surface area contributed by atoms with E-state index in [4.69, 9.17) is 5.73 Å². The van der Waals surface area contributed by atoms with Crippen molar-refractivity contribution in [1.82, 2.24) is 9.88 Å². The molecule has 1 aromatic heterocycles. The SMILES string of the molecule is CS[C@@H](C)Cc1c(C#N)c(N)nc2c1CN(C1CCCC1)CC2. The van der Waals surface area contributed by atoms with Gasteiger partial charge in [0, 0.05) is 36.5 Å². The average molecular weight is 331 g/mol. The van der Waals surface area contributed by atoms with Gasteiger partial charge in [-0.2, -0.15) is 17.0 Å². The number of nitrogens with two attached hydrogens (primary N) is 1. The fourth-order valence-electron chi connectivity index (χ4n) is 3.98. The zero-order valence-corrected chi connectivity index (χ0v) is 15.0. The molecule has 2 aliphatic rings. The van der Waals surface area contributed by atoms with Crippen LogP contribution in [-0.2, 0) is 19.4 Å². The quantitative estimate of drug-likeness (QED) is 0.919. The Bertz CT molecular complexity index is 616. The molecule has 1 fully saturated rings. The maximum atomic E-state index is 9.57. The second kappa shape index (κ2) is 7.11. The van der Waals surface area contributed by atoms with E-state index < -0.39 is 0 Å². The largest absolute Gasteiger partial charge is 0.383 e. The summed E-state index contributed by atoms with van der Waals surface area (Å²) >= 11 is 1.84. The molecule has 0 amide bonds. The van der Waals surface area contributed by atoms with E-state index in [0.29, 0.717) is 16.6 Å². The molecule has 1 aliphatic heterocycles. The van der Waals surface area contributed by atoms with E-state index in [2.05, 4.69) is 29.1 Å². The zero-order valence-electron chi connectivity index (χ0n) is 14.1. The first-order valence-electron chi connectivity index (χ1n) is 8.61. The first-order chi connectivity index (χ1) is 11.1. The zero-order chi connectivity index (χ0) is 16.4. The van der Waals surface area contributed by atoms with E-state index in [9.17, 15) is 5.26 Å². The summed E-state index contributed by atoms with van der Waals surface area (Å²) in [6, 6.07) is 3.03. The van der Waals surface area contributed by atoms with Crippen molar-refractivity contribution in [2.24, 2.45) is 0 Å². The molecule has 1 saturated carbocycles. The molecule has 1 aliphatic carbocycles. The molecule has 0 saturated heterocycles. The van der Waals surface area contributed by atoms with Gasteiger partial charge in [0.15, 0.2) is 0 Å². The minimum absolute atomic E-state index is 0.420. The Morgan fingerprint density at radius 3 is 2.83 bits per heavy atom. The van der Waals surface area contributed by atoms with Crippen LogP contribution in [0.1, 0.15) is 55.0 Å². The molecule has 0 unspecified atom stereocenters. The third-order valence-corrected chi connectivity index (χ3v) is 6.34. The van der Waals surface area contributed by atoms with Gasteiger partial charge in [-0.25, -0.2) is 4.98 Å². The predicted molar refractivity (Wildman–Crippen MR) is 96.4 cm³/mol. The lowest BCUT2D eigenvalue weighted by atomic mass is 9.92. The molecular formula is C18H26N4S. The Morgan fingerprint density at radius 2 is 2.17 bits per heavy atom. The molecule has 4 nitrogen and oxygen atoms in total. The predicted octanol–water partition coefficient (Wildman–Crippen LogP) is 3.13. The third-order valence-electron chi connectivity index (χ3n) is 5.37. The summed E-state index contributed by atoms with van der Waals surface area (Å²) in [6.45, 7) is 4.23. The number of hydrogen-bond acceptors (Lipinski definition) is 5. The number of nitrogen functional groups attached to an aromatic ring is 1. The van der Waals surface area contributed by atoms with Crippen molar-refractivity contribution in [3.8, 4) is 6.07 Å². The number of fused-ring (bicyclic) bond motifs is 1. The minimum Gasteiger partial charge on any atom is -0.383 e. The highest BCUT2D eigenvalue weighted by atomic mass is 32.2. The van der Waals surface area contributed by atoms with Gasteiger partial charge in [-0.05, 0) is 36.6 Å². The first kappa shape index (κ1) is 16.6. The van der Waals surface area contributed by atoms with Crippen LogP contribution in [0.5, 0.6) is 0 Å². The fraction of sp³-hybridized carbons (Fsp3) is 0.667. The Morgan fingerprint density at radius 1 is 1.43 bits per heavy atom. The number of thioether (sulfide) groups is 1. The Labute approximate surface area is 143 Å². The molecule has 1 aromatic rings. The van der Waals surface area contributed by atoms with Crippen LogP contribution in [0, 0.1) is 11.3 Å². The monoisotopic (exact) mass is 330 g/mol. The van der Waals surface area contributed by atoms with Crippen molar-refractivity contribution in [3.63, 3.8) is 0 Å². The number of pyridine rings is 1. The molecule has 0 radical (unpaired) electrons. The maximum absolute atomic E-state index is 9.57. The molecule has 2 heterocycles. The van der Waals surface area contributed by atoms with Crippen molar-refractivity contribution in [3.05, 3.63) is 22.4 Å². The van der Waals surface area contributed by atoms with Crippen LogP contribution in [0.15, 0.2) is 0 Å². The summed E-state index contributed by atoms with van der Waals surface area (Å²) in [5.41, 5.74) is 10.2. The van der Waals surface area contributed by atoms with Gasteiger partial charge in [-0.15, -0.1) is 0 Å². The summed E-state index contributed by atoms with van der Waals surface area (Å²) < 4.78 is 0. The van der Waals surface area contributed by atoms with Gasteiger partial charge in [0.05, 0.1) is 5.56 Å². The van der Waals surface area contributed by atoms with Crippen LogP contribution in [0.25, 0.3) is 0 Å². The van der Waals surface area contributed by atoms with Crippen molar-refractivity contribution >= 4 is 17.6 Å². The second-order valence-electron chi connectivity index (χ2n) is 6.80. The molecule has 2 N–H and O–H groups in total. The highest BCUT2D eigenvalue weighted by molar-refractivity contribution is 7.99. The molecule has 3 rings (SSSR count). The van der Waals surface area contributed by atoms with Crippen LogP contribution in [-0.4, -0.2) is 34.0 Å². The highest BCUT2D eigenvalue weighted by Gasteiger charge is 2.29. The van der Waals surface area contributed by atoms with Gasteiger partial charge < -0.3 is 5.73 Å². The number of nitrogens with zero attached hydrogens (tertiary/aromatic N) is 3. The van der Waals surface area contributed by atoms with E-state index in [0.717, 1.165) is 43.2 Å². The lowest BCUT2D eigenvalue weighted by molar-refractivity contribution is 0.179. The normalized spacial score (nSPS) is 20.2. The van der Waals surface area contributed by atoms with Gasteiger partial charge >= 0.3 is 0 Å². The van der Waals surface area contributed by atoms with Crippen LogP contribution >= 0.6 is 11.8 Å². The molecule has 124 valence electrons. The molecule has 0 aromatic carbocycles. The van der Waals surface area contributed by atoms with E-state index in [1.54, 1.807) is 0 Å². The summed E-state index contributed by atoms with van der Waals surface area (Å²) in [5.74, 6) is 0.420. The second-order valence-corrected chi connectivity index (χ2v) is 8.07. The van der Waals surface area contributed by atoms with E-state index in [-0.39, 0.29) is 0 Å². The maximum Gasteiger partial charge on any atom is 0.141 e. The topological polar surface area (TPSA) is 65.9 Å². The molecule has 0 spiro atoms. The van der Waals surface area contributed by atoms with Gasteiger partial charge in [0.25, 0.3) is 0 Å². The third kappa shape index (κ3) is 3.34. The van der Waals surface area contributed by atoms with E-state index in [1.165, 1.54) is 31.2 Å². The Balaban J connectivity index is 1.96. The highest BCUT2D eigenvalue weighted by Crippen LogP contribution is 2.33. The number of anilines is 1. The molecule has 0 bridgehead atoms. The van der Waals surface area contributed by atoms with Crippen molar-refractivity contribution in [1.29, 1.82) is 5.26 Å². The molecule has 1 atom stereocenters. The smallest absolute Gasteiger partial charge is 0.141 e. The van der Waals surface area contributed by atoms with Crippen LogP contribution in [0.2, 0.25) is 0 Å². The first-order valence-corrected chi connectivity index (χ1v) is 9.89. The van der Waals surface area contributed by atoms with Gasteiger partial charge in [-0.1, -0.05) is 19.8 Å². The standard InChI is InChI=1S/C18H26N4S/c1-12(23-2)9-14-15(10-19)18(20)21-17-7-8-22(11-16(14)17)13-5-3-4-6-13/h12-13H,3-9,11H2,1-2H3,(H2,20,21)/t12-/m0/s1. The molecule has 5 heteroatoms. The number of hydrogen-bond donors (Lipinski definition) is 1. The Kier molecular flexibility index (Phi) is 5.13. The van der Waals surface area contributed by atoms with Crippen molar-refractivity contribution < 1.29 is 0 Å². The van der Waals surface area contributed by atoms with Crippen LogP contribution in [0.3, 0.4) is 0 Å². The number of nitriles is 1. The fourth-order valence-corrected chi connectivity index (χ4v) is 4.31. The van der Waals surface area contributed by atoms with Crippen LogP contribution in [0.4, 0.5) is 5.82 Å². The summed E-state index contributed by atoms with van der Waals surface area (Å²) in [5, 5.41) is 10.1. The summed E-state index contributed by atoms with van der Waals surface area (Å²) in [6.07, 6.45) is 9.33. The molecule has 23 heavy (non-hydrogen) atoms. The van der Waals surface area contributed by atoms with Crippen molar-refractivity contribution in [2.45, 2.75) is 63.3 Å². The van der Waals surface area contributed by atoms with Gasteiger partial charge in [-0.3, -0.25) is 4.90 Å². The Hall–Kier alpha value is -1.25. The average Bonchev–Trinajstić information content (AvgIpc) is 3.09. The van der Waals surface area contributed by atoms with E-state index in [1.807, 2.05) is 11.8 Å². The van der Waals surface area contributed by atoms with E-state index >= 15 is 0 Å². The van der Waals surface area contributed by atoms with Crippen LogP contribution < -0.4 is 5.73 Å². The number of rotatable bonds is 4. The lowest BCUT2D eigenvalue weighted by Gasteiger charge is -2.35. The van der Waals surface area contributed by atoms with Gasteiger partial charge in [0.1, 0.15) is 11.9 Å². The molecular weight excluding hydrogens is 304 g/mol. The minimum atomic E-state index is 0.420. The van der Waals surface area contributed by atoms with Gasteiger partial charge in [0.2, 0.25) is 0 Å². The summed E-state index contributed by atoms with van der Waals surface area (Å²) in [4.78, 5) is 7.17. The lowest BCUT2D eigenvalue weighted by Crippen LogP contribution is -2.39. The van der Waals surface area contributed by atoms with Crippen molar-refractivity contribution in [2.75, 3.05) is 18.5 Å². The summed E-state index contributed by atoms with van der Waals surface area (Å²) in [7, 11) is 0.